The molecule has 1 N–H and O–H groups in total. The standard InChI is InChI=1S/C14H14N4O2S/c19-12(18-14-16-6-2-7-17-14)11-3-1-5-15-13(11)20-10-4-8-21-9-10/h1-3,5-7,10H,4,8-9H2,(H,16,17,18,19)/t10-/m0/s1. The largest absolute Gasteiger partial charge is 0.473 e. The number of nitrogens with one attached hydrogen (secondary N) is 1. The van der Waals surface area contributed by atoms with Crippen LogP contribution in [0.3, 0.4) is 0 Å². The molecule has 0 spiro atoms. The Morgan fingerprint density at radius 1 is 1.24 bits per heavy atom. The first kappa shape index (κ1) is 13.8. The zero-order valence-corrected chi connectivity index (χ0v) is 12.0. The highest BCUT2D eigenvalue weighted by atomic mass is 32.2. The molecule has 3 heterocycles. The molecule has 1 aliphatic rings. The Balaban J connectivity index is 1.76. The van der Waals surface area contributed by atoms with Gasteiger partial charge in [0.2, 0.25) is 11.8 Å². The molecule has 1 amide bonds. The van der Waals surface area contributed by atoms with E-state index in [1.54, 1.807) is 36.8 Å². The molecule has 0 aromatic carbocycles. The van der Waals surface area contributed by atoms with Gasteiger partial charge in [0.15, 0.2) is 0 Å². The molecular weight excluding hydrogens is 288 g/mol. The second-order valence-electron chi connectivity index (χ2n) is 4.49. The highest BCUT2D eigenvalue weighted by Crippen LogP contribution is 2.24. The maximum atomic E-state index is 12.3. The lowest BCUT2D eigenvalue weighted by molar-refractivity contribution is 0.101. The van der Waals surface area contributed by atoms with Gasteiger partial charge in [0.05, 0.1) is 0 Å². The molecule has 0 unspecified atom stereocenters. The molecular formula is C14H14N4O2S. The third kappa shape index (κ3) is 3.49. The lowest BCUT2D eigenvalue weighted by Crippen LogP contribution is -2.20. The quantitative estimate of drug-likeness (QED) is 0.931. The van der Waals surface area contributed by atoms with Crippen molar-refractivity contribution in [3.63, 3.8) is 0 Å². The van der Waals surface area contributed by atoms with Gasteiger partial charge >= 0.3 is 0 Å². The minimum absolute atomic E-state index is 0.115. The van der Waals surface area contributed by atoms with Crippen molar-refractivity contribution in [2.45, 2.75) is 12.5 Å². The third-order valence-corrected chi connectivity index (χ3v) is 4.10. The lowest BCUT2D eigenvalue weighted by Gasteiger charge is -2.14. The van der Waals surface area contributed by atoms with E-state index in [4.69, 9.17) is 4.74 Å². The van der Waals surface area contributed by atoms with Gasteiger partial charge in [-0.2, -0.15) is 11.8 Å². The Hall–Kier alpha value is -2.15. The van der Waals surface area contributed by atoms with E-state index in [-0.39, 0.29) is 18.0 Å². The number of hydrogen-bond donors (Lipinski definition) is 1. The zero-order chi connectivity index (χ0) is 14.5. The van der Waals surface area contributed by atoms with E-state index in [0.717, 1.165) is 17.9 Å². The minimum atomic E-state index is -0.324. The summed E-state index contributed by atoms with van der Waals surface area (Å²) in [6.45, 7) is 0. The first-order valence-electron chi connectivity index (χ1n) is 6.61. The molecule has 21 heavy (non-hydrogen) atoms. The smallest absolute Gasteiger partial charge is 0.263 e. The lowest BCUT2D eigenvalue weighted by atomic mass is 10.2. The summed E-state index contributed by atoms with van der Waals surface area (Å²) in [5, 5.41) is 2.64. The second-order valence-corrected chi connectivity index (χ2v) is 5.64. The van der Waals surface area contributed by atoms with Crippen LogP contribution in [0.1, 0.15) is 16.8 Å². The van der Waals surface area contributed by atoms with Crippen LogP contribution in [0.5, 0.6) is 5.88 Å². The molecule has 0 radical (unpaired) electrons. The van der Waals surface area contributed by atoms with Crippen LogP contribution in [0.4, 0.5) is 5.95 Å². The third-order valence-electron chi connectivity index (χ3n) is 2.97. The van der Waals surface area contributed by atoms with E-state index in [0.29, 0.717) is 11.4 Å². The van der Waals surface area contributed by atoms with E-state index in [1.165, 1.54) is 0 Å². The molecule has 3 rings (SSSR count). The van der Waals surface area contributed by atoms with Crippen molar-refractivity contribution in [2.24, 2.45) is 0 Å². The molecule has 1 aliphatic heterocycles. The average Bonchev–Trinajstić information content (AvgIpc) is 3.02. The fraction of sp³-hybridized carbons (Fsp3) is 0.286. The van der Waals surface area contributed by atoms with Crippen LogP contribution in [0.2, 0.25) is 0 Å². The van der Waals surface area contributed by atoms with Gasteiger partial charge in [-0.25, -0.2) is 15.0 Å². The number of ether oxygens (including phenoxy) is 1. The highest BCUT2D eigenvalue weighted by molar-refractivity contribution is 7.99. The van der Waals surface area contributed by atoms with Crippen molar-refractivity contribution in [1.82, 2.24) is 15.0 Å². The van der Waals surface area contributed by atoms with Crippen LogP contribution in [0.25, 0.3) is 0 Å². The first-order chi connectivity index (χ1) is 10.3. The number of carbonyl (C=O) groups excluding carboxylic acids is 1. The summed E-state index contributed by atoms with van der Waals surface area (Å²) in [6, 6.07) is 5.08. The number of anilines is 1. The molecule has 108 valence electrons. The summed E-state index contributed by atoms with van der Waals surface area (Å²) in [7, 11) is 0. The van der Waals surface area contributed by atoms with E-state index in [2.05, 4.69) is 20.3 Å². The molecule has 7 heteroatoms. The van der Waals surface area contributed by atoms with Crippen molar-refractivity contribution in [1.29, 1.82) is 0 Å². The molecule has 0 aliphatic carbocycles. The highest BCUT2D eigenvalue weighted by Gasteiger charge is 2.21. The maximum Gasteiger partial charge on any atom is 0.263 e. The molecule has 2 aromatic rings. The number of nitrogens with zero attached hydrogens (tertiary/aromatic N) is 3. The Morgan fingerprint density at radius 2 is 2.05 bits per heavy atom. The van der Waals surface area contributed by atoms with Crippen LogP contribution in [-0.2, 0) is 0 Å². The summed E-state index contributed by atoms with van der Waals surface area (Å²) < 4.78 is 5.83. The Bertz CT molecular complexity index is 617. The van der Waals surface area contributed by atoms with Crippen LogP contribution >= 0.6 is 11.8 Å². The van der Waals surface area contributed by atoms with Gasteiger partial charge < -0.3 is 4.74 Å². The van der Waals surface area contributed by atoms with E-state index >= 15 is 0 Å². The number of pyridine rings is 1. The Kier molecular flexibility index (Phi) is 4.30. The molecule has 6 nitrogen and oxygen atoms in total. The average molecular weight is 302 g/mol. The first-order valence-corrected chi connectivity index (χ1v) is 7.76. The van der Waals surface area contributed by atoms with Crippen molar-refractivity contribution in [2.75, 3.05) is 16.8 Å². The second kappa shape index (κ2) is 6.53. The fourth-order valence-electron chi connectivity index (χ4n) is 1.95. The molecule has 0 bridgehead atoms. The predicted molar refractivity (Wildman–Crippen MR) is 80.6 cm³/mol. The number of rotatable bonds is 4. The van der Waals surface area contributed by atoms with Crippen LogP contribution < -0.4 is 10.1 Å². The van der Waals surface area contributed by atoms with Gasteiger partial charge in [0, 0.05) is 24.3 Å². The van der Waals surface area contributed by atoms with Crippen molar-refractivity contribution in [3.8, 4) is 5.88 Å². The van der Waals surface area contributed by atoms with Gasteiger partial charge in [0.1, 0.15) is 11.7 Å². The summed E-state index contributed by atoms with van der Waals surface area (Å²) >= 11 is 1.84. The van der Waals surface area contributed by atoms with Crippen molar-refractivity contribution < 1.29 is 9.53 Å². The van der Waals surface area contributed by atoms with Gasteiger partial charge in [-0.15, -0.1) is 0 Å². The van der Waals surface area contributed by atoms with Gasteiger partial charge in [-0.3, -0.25) is 10.1 Å². The minimum Gasteiger partial charge on any atom is -0.473 e. The number of carbonyl (C=O) groups is 1. The Morgan fingerprint density at radius 3 is 2.81 bits per heavy atom. The molecule has 2 aromatic heterocycles. The van der Waals surface area contributed by atoms with E-state index in [9.17, 15) is 4.79 Å². The van der Waals surface area contributed by atoms with Crippen LogP contribution in [0.15, 0.2) is 36.8 Å². The molecule has 0 saturated carbocycles. The number of hydrogen-bond acceptors (Lipinski definition) is 6. The van der Waals surface area contributed by atoms with E-state index in [1.807, 2.05) is 11.8 Å². The Labute approximate surface area is 126 Å². The monoisotopic (exact) mass is 302 g/mol. The van der Waals surface area contributed by atoms with E-state index < -0.39 is 0 Å². The fourth-order valence-corrected chi connectivity index (χ4v) is 3.05. The number of thioether (sulfide) groups is 1. The number of amides is 1. The predicted octanol–water partition coefficient (Wildman–Crippen LogP) is 2.01. The molecule has 1 saturated heterocycles. The van der Waals surface area contributed by atoms with Crippen molar-refractivity contribution in [3.05, 3.63) is 42.4 Å². The molecule has 1 atom stereocenters. The van der Waals surface area contributed by atoms with Gasteiger partial charge in [-0.05, 0) is 30.4 Å². The maximum absolute atomic E-state index is 12.3. The number of aromatic nitrogens is 3. The van der Waals surface area contributed by atoms with Gasteiger partial charge in [0.25, 0.3) is 5.91 Å². The summed E-state index contributed by atoms with van der Waals surface area (Å²) in [5.41, 5.74) is 0.391. The van der Waals surface area contributed by atoms with Gasteiger partial charge in [-0.1, -0.05) is 0 Å². The van der Waals surface area contributed by atoms with Crippen LogP contribution in [0, 0.1) is 0 Å². The van der Waals surface area contributed by atoms with Crippen LogP contribution in [-0.4, -0.2) is 38.5 Å². The molecule has 1 fully saturated rings. The summed E-state index contributed by atoms with van der Waals surface area (Å²) in [5.74, 6) is 2.30. The SMILES string of the molecule is O=C(Nc1ncccn1)c1cccnc1O[C@H]1CCSC1. The normalized spacial score (nSPS) is 17.4. The summed E-state index contributed by atoms with van der Waals surface area (Å²) in [6.07, 6.45) is 5.85. The zero-order valence-electron chi connectivity index (χ0n) is 11.2. The topological polar surface area (TPSA) is 77.0 Å². The summed E-state index contributed by atoms with van der Waals surface area (Å²) in [4.78, 5) is 24.4. The van der Waals surface area contributed by atoms with Crippen molar-refractivity contribution >= 4 is 23.6 Å².